The molecule has 2 amide bonds. The number of rotatable bonds is 9. The number of hydrogen-bond acceptors (Lipinski definition) is 5. The number of likely N-dealkylation sites (tertiary alicyclic amines) is 1. The molecule has 3 fully saturated rings. The van der Waals surface area contributed by atoms with Gasteiger partial charge in [-0.15, -0.1) is 6.58 Å². The maximum atomic E-state index is 13.7. The second-order valence-electron chi connectivity index (χ2n) is 8.34. The number of carboxylic acid groups (broad SMARTS) is 1. The molecule has 2 bridgehead atoms. The summed E-state index contributed by atoms with van der Waals surface area (Å²) >= 11 is 3.52. The summed E-state index contributed by atoms with van der Waals surface area (Å²) in [6.45, 7) is 8.11. The number of fused-ring (bicyclic) bond motifs is 1. The first-order valence-corrected chi connectivity index (χ1v) is 11.0. The number of nitrogens with zero attached hydrogens (tertiary/aromatic N) is 2. The van der Waals surface area contributed by atoms with Crippen LogP contribution < -0.4 is 0 Å². The van der Waals surface area contributed by atoms with Gasteiger partial charge in [0.15, 0.2) is 0 Å². The maximum Gasteiger partial charge on any atom is 0.310 e. The van der Waals surface area contributed by atoms with Crippen molar-refractivity contribution in [3.63, 3.8) is 0 Å². The Morgan fingerprint density at radius 2 is 2.14 bits per heavy atom. The normalized spacial score (nSPS) is 35.3. The van der Waals surface area contributed by atoms with Crippen molar-refractivity contribution in [1.82, 2.24) is 9.80 Å². The first-order valence-electron chi connectivity index (χ1n) is 10.1. The van der Waals surface area contributed by atoms with Crippen LogP contribution in [-0.2, 0) is 19.1 Å². The van der Waals surface area contributed by atoms with E-state index in [9.17, 15) is 19.5 Å². The Bertz CT molecular complexity index is 700. The van der Waals surface area contributed by atoms with Crippen molar-refractivity contribution in [2.45, 2.75) is 61.7 Å². The maximum absolute atomic E-state index is 13.7. The molecular formula is C20H29BrN2O6. The number of aliphatic hydroxyl groups is 1. The van der Waals surface area contributed by atoms with Gasteiger partial charge in [-0.3, -0.25) is 14.4 Å². The lowest BCUT2D eigenvalue weighted by molar-refractivity contribution is -0.151. The van der Waals surface area contributed by atoms with E-state index in [1.165, 1.54) is 4.90 Å². The Hall–Kier alpha value is -1.45. The molecule has 3 heterocycles. The van der Waals surface area contributed by atoms with Crippen LogP contribution in [0.1, 0.15) is 33.1 Å². The van der Waals surface area contributed by atoms with Crippen LogP contribution in [0.3, 0.4) is 0 Å². The van der Waals surface area contributed by atoms with E-state index >= 15 is 0 Å². The molecule has 0 aromatic heterocycles. The third-order valence-electron chi connectivity index (χ3n) is 6.35. The highest BCUT2D eigenvalue weighted by Gasteiger charge is 2.76. The number of carbonyl (C=O) groups excluding carboxylic acids is 2. The van der Waals surface area contributed by atoms with Crippen LogP contribution in [0.4, 0.5) is 0 Å². The minimum Gasteiger partial charge on any atom is -0.481 e. The summed E-state index contributed by atoms with van der Waals surface area (Å²) in [4.78, 5) is 41.9. The number of aliphatic carboxylic acids is 1. The second-order valence-corrected chi connectivity index (χ2v) is 9.51. The number of alkyl halides is 1. The first kappa shape index (κ1) is 22.2. The van der Waals surface area contributed by atoms with Crippen molar-refractivity contribution >= 4 is 33.7 Å². The number of carbonyl (C=O) groups is 3. The zero-order valence-corrected chi connectivity index (χ0v) is 18.4. The van der Waals surface area contributed by atoms with Crippen molar-refractivity contribution in [2.75, 3.05) is 19.7 Å². The summed E-state index contributed by atoms with van der Waals surface area (Å²) in [5.41, 5.74) is -1.15. The molecule has 3 aliphatic heterocycles. The average molecular weight is 473 g/mol. The predicted octanol–water partition coefficient (Wildman–Crippen LogP) is 1.01. The fraction of sp³-hybridized carbons (Fsp3) is 0.750. The first-order chi connectivity index (χ1) is 13.7. The van der Waals surface area contributed by atoms with Crippen molar-refractivity contribution in [3.8, 4) is 0 Å². The number of hydrogen-bond donors (Lipinski definition) is 2. The van der Waals surface area contributed by atoms with Gasteiger partial charge in [0, 0.05) is 30.6 Å². The molecule has 0 aliphatic carbocycles. The minimum absolute atomic E-state index is 0.0103. The van der Waals surface area contributed by atoms with E-state index in [-0.39, 0.29) is 35.8 Å². The Morgan fingerprint density at radius 1 is 1.45 bits per heavy atom. The molecule has 0 aromatic carbocycles. The second kappa shape index (κ2) is 8.35. The number of aliphatic hydroxyl groups excluding tert-OH is 1. The number of carboxylic acids is 1. The Kier molecular flexibility index (Phi) is 6.41. The fourth-order valence-corrected chi connectivity index (χ4v) is 6.12. The van der Waals surface area contributed by atoms with E-state index in [1.807, 2.05) is 13.8 Å². The van der Waals surface area contributed by atoms with E-state index in [0.717, 1.165) is 0 Å². The minimum atomic E-state index is -1.15. The molecule has 6 atom stereocenters. The molecular weight excluding hydrogens is 444 g/mol. The van der Waals surface area contributed by atoms with Crippen LogP contribution >= 0.6 is 15.9 Å². The SMILES string of the molecule is C=CCN(C(=O)[C@@H]1N(CCCCO)C(=O)[C@H]2[C@H](C(=O)O)[C@H]3O[C@@]12CC3Br)C(C)C. The topological polar surface area (TPSA) is 107 Å². The zero-order chi connectivity index (χ0) is 21.5. The molecule has 162 valence electrons. The largest absolute Gasteiger partial charge is 0.481 e. The fourth-order valence-electron chi connectivity index (χ4n) is 5.18. The highest BCUT2D eigenvalue weighted by Crippen LogP contribution is 2.60. The molecule has 2 N–H and O–H groups in total. The van der Waals surface area contributed by atoms with Gasteiger partial charge in [-0.25, -0.2) is 0 Å². The summed E-state index contributed by atoms with van der Waals surface area (Å²) in [6, 6.07) is -0.991. The molecule has 3 aliphatic rings. The standard InChI is InChI=1S/C20H29BrN2O6/c1-4-7-22(11(2)3)18(26)16-20-10-12(21)15(29-20)13(19(27)28)14(20)17(25)23(16)8-5-6-9-24/h4,11-16,24H,1,5-10H2,2-3H3,(H,27,28)/t12?,13-,14+,15-,16-,20+/m0/s1. The monoisotopic (exact) mass is 472 g/mol. The van der Waals surface area contributed by atoms with Crippen LogP contribution in [0.15, 0.2) is 12.7 Å². The van der Waals surface area contributed by atoms with Gasteiger partial charge < -0.3 is 24.7 Å². The average Bonchev–Trinajstić information content (AvgIpc) is 3.23. The lowest BCUT2D eigenvalue weighted by atomic mass is 9.70. The molecule has 1 spiro atoms. The highest BCUT2D eigenvalue weighted by atomic mass is 79.9. The molecule has 1 unspecified atom stereocenters. The lowest BCUT2D eigenvalue weighted by Crippen LogP contribution is -2.58. The number of unbranched alkanes of at least 4 members (excludes halogenated alkanes) is 1. The van der Waals surface area contributed by atoms with Gasteiger partial charge in [0.25, 0.3) is 0 Å². The smallest absolute Gasteiger partial charge is 0.310 e. The van der Waals surface area contributed by atoms with Gasteiger partial charge in [-0.1, -0.05) is 22.0 Å². The quantitative estimate of drug-likeness (QED) is 0.294. The molecule has 0 aromatic rings. The Balaban J connectivity index is 2.04. The number of ether oxygens (including phenoxy) is 1. The zero-order valence-electron chi connectivity index (χ0n) is 16.8. The highest BCUT2D eigenvalue weighted by molar-refractivity contribution is 9.09. The molecule has 29 heavy (non-hydrogen) atoms. The molecule has 3 saturated heterocycles. The number of amides is 2. The number of halogens is 1. The Labute approximate surface area is 179 Å². The van der Waals surface area contributed by atoms with Gasteiger partial charge in [0.2, 0.25) is 11.8 Å². The summed E-state index contributed by atoms with van der Waals surface area (Å²) in [7, 11) is 0. The van der Waals surface area contributed by atoms with Crippen molar-refractivity contribution in [3.05, 3.63) is 12.7 Å². The van der Waals surface area contributed by atoms with E-state index in [4.69, 9.17) is 9.84 Å². The van der Waals surface area contributed by atoms with Gasteiger partial charge in [0.05, 0.1) is 17.9 Å². The van der Waals surface area contributed by atoms with Crippen LogP contribution in [0.5, 0.6) is 0 Å². The van der Waals surface area contributed by atoms with Crippen LogP contribution in [0, 0.1) is 11.8 Å². The Morgan fingerprint density at radius 3 is 2.69 bits per heavy atom. The van der Waals surface area contributed by atoms with Crippen LogP contribution in [0.2, 0.25) is 0 Å². The van der Waals surface area contributed by atoms with Gasteiger partial charge in [0.1, 0.15) is 11.6 Å². The molecule has 0 saturated carbocycles. The molecule has 3 rings (SSSR count). The summed E-state index contributed by atoms with van der Waals surface area (Å²) in [5, 5.41) is 18.9. The third-order valence-corrected chi connectivity index (χ3v) is 7.19. The van der Waals surface area contributed by atoms with Crippen molar-refractivity contribution < 1.29 is 29.3 Å². The predicted molar refractivity (Wildman–Crippen MR) is 108 cm³/mol. The summed E-state index contributed by atoms with van der Waals surface area (Å²) < 4.78 is 6.21. The van der Waals surface area contributed by atoms with E-state index in [0.29, 0.717) is 25.8 Å². The van der Waals surface area contributed by atoms with E-state index in [2.05, 4.69) is 22.5 Å². The molecule has 9 heteroatoms. The van der Waals surface area contributed by atoms with Gasteiger partial charge >= 0.3 is 5.97 Å². The summed E-state index contributed by atoms with van der Waals surface area (Å²) in [5.74, 6) is -3.51. The van der Waals surface area contributed by atoms with Crippen molar-refractivity contribution in [1.29, 1.82) is 0 Å². The van der Waals surface area contributed by atoms with Crippen LogP contribution in [0.25, 0.3) is 0 Å². The molecule has 8 nitrogen and oxygen atoms in total. The van der Waals surface area contributed by atoms with Gasteiger partial charge in [-0.2, -0.15) is 0 Å². The van der Waals surface area contributed by atoms with E-state index < -0.39 is 35.6 Å². The van der Waals surface area contributed by atoms with Crippen molar-refractivity contribution in [2.24, 2.45) is 11.8 Å². The summed E-state index contributed by atoms with van der Waals surface area (Å²) in [6.07, 6.45) is 2.43. The van der Waals surface area contributed by atoms with Gasteiger partial charge in [-0.05, 0) is 33.1 Å². The lowest BCUT2D eigenvalue weighted by Gasteiger charge is -2.38. The molecule has 0 radical (unpaired) electrons. The third kappa shape index (κ3) is 3.41. The van der Waals surface area contributed by atoms with Crippen LogP contribution in [-0.4, -0.2) is 86.1 Å². The van der Waals surface area contributed by atoms with E-state index in [1.54, 1.807) is 11.0 Å².